The first-order chi connectivity index (χ1) is 8.78. The largest absolute Gasteiger partial charge is 0.379 e. The summed E-state index contributed by atoms with van der Waals surface area (Å²) < 4.78 is 5.34. The molecule has 4 nitrogen and oxygen atoms in total. The van der Waals surface area contributed by atoms with Crippen LogP contribution in [0, 0.1) is 0 Å². The van der Waals surface area contributed by atoms with E-state index < -0.39 is 0 Å². The number of ether oxygens (including phenoxy) is 1. The third-order valence-corrected chi connectivity index (χ3v) is 5.19. The van der Waals surface area contributed by atoms with E-state index in [1.807, 2.05) is 11.8 Å². The molecule has 2 aliphatic rings. The second-order valence-electron chi connectivity index (χ2n) is 5.04. The Morgan fingerprint density at radius 3 is 2.67 bits per heavy atom. The molecule has 104 valence electrons. The van der Waals surface area contributed by atoms with E-state index in [2.05, 4.69) is 24.1 Å². The van der Waals surface area contributed by atoms with E-state index in [9.17, 15) is 0 Å². The van der Waals surface area contributed by atoms with Gasteiger partial charge in [0.05, 0.1) is 19.8 Å². The van der Waals surface area contributed by atoms with Crippen LogP contribution in [0.2, 0.25) is 0 Å². The maximum atomic E-state index is 5.34. The van der Waals surface area contributed by atoms with E-state index in [0.717, 1.165) is 50.3 Å². The van der Waals surface area contributed by atoms with Crippen molar-refractivity contribution < 1.29 is 4.74 Å². The fraction of sp³-hybridized carbons (Fsp3) is 0.923. The number of nitrogens with one attached hydrogen (secondary N) is 1. The summed E-state index contributed by atoms with van der Waals surface area (Å²) in [6, 6.07) is 0. The average Bonchev–Trinajstić information content (AvgIpc) is 2.84. The summed E-state index contributed by atoms with van der Waals surface area (Å²) in [7, 11) is 0. The maximum absolute atomic E-state index is 5.34. The zero-order valence-electron chi connectivity index (χ0n) is 11.6. The zero-order valence-corrected chi connectivity index (χ0v) is 12.4. The molecule has 0 bridgehead atoms. The van der Waals surface area contributed by atoms with E-state index in [-0.39, 0.29) is 0 Å². The molecule has 5 heteroatoms. The van der Waals surface area contributed by atoms with Gasteiger partial charge in [0.25, 0.3) is 0 Å². The van der Waals surface area contributed by atoms with Crippen molar-refractivity contribution in [1.29, 1.82) is 0 Å². The van der Waals surface area contributed by atoms with E-state index in [1.54, 1.807) is 0 Å². The molecule has 0 amide bonds. The molecule has 2 saturated heterocycles. The van der Waals surface area contributed by atoms with Gasteiger partial charge in [-0.3, -0.25) is 9.89 Å². The lowest BCUT2D eigenvalue weighted by atomic mass is 9.96. The number of thioether (sulfide) groups is 1. The van der Waals surface area contributed by atoms with Gasteiger partial charge in [-0.2, -0.15) is 0 Å². The topological polar surface area (TPSA) is 36.9 Å². The molecule has 18 heavy (non-hydrogen) atoms. The molecule has 0 atom stereocenters. The first kappa shape index (κ1) is 14.2. The van der Waals surface area contributed by atoms with Crippen molar-refractivity contribution in [3.8, 4) is 0 Å². The molecule has 2 heterocycles. The molecule has 1 N–H and O–H groups in total. The Kier molecular flexibility index (Phi) is 5.33. The van der Waals surface area contributed by atoms with Crippen LogP contribution in [0.4, 0.5) is 0 Å². The molecule has 0 radical (unpaired) electrons. The van der Waals surface area contributed by atoms with Crippen LogP contribution in [-0.2, 0) is 4.74 Å². The van der Waals surface area contributed by atoms with Crippen molar-refractivity contribution in [2.24, 2.45) is 4.99 Å². The number of morpholine rings is 1. The highest BCUT2D eigenvalue weighted by Gasteiger charge is 2.33. The van der Waals surface area contributed by atoms with Crippen LogP contribution in [0.1, 0.15) is 26.7 Å². The predicted octanol–water partition coefficient (Wildman–Crippen LogP) is 1.57. The second-order valence-corrected chi connectivity index (χ2v) is 6.01. The predicted molar refractivity (Wildman–Crippen MR) is 78.5 cm³/mol. The summed E-state index contributed by atoms with van der Waals surface area (Å²) >= 11 is 1.88. The minimum atomic E-state index is 0.294. The van der Waals surface area contributed by atoms with Gasteiger partial charge in [0.2, 0.25) is 0 Å². The van der Waals surface area contributed by atoms with Gasteiger partial charge in [-0.15, -0.1) is 0 Å². The molecule has 0 aliphatic carbocycles. The van der Waals surface area contributed by atoms with Crippen molar-refractivity contribution in [3.63, 3.8) is 0 Å². The average molecular weight is 271 g/mol. The Bertz CT molecular complexity index is 286. The SMILES string of the molecule is CCC1(CC)CSC(=NCCN2CCOCC2)N1. The van der Waals surface area contributed by atoms with Gasteiger partial charge in [0.15, 0.2) is 5.17 Å². The lowest BCUT2D eigenvalue weighted by Crippen LogP contribution is -2.42. The first-order valence-electron chi connectivity index (χ1n) is 7.03. The lowest BCUT2D eigenvalue weighted by Gasteiger charge is -2.26. The van der Waals surface area contributed by atoms with Gasteiger partial charge in [0.1, 0.15) is 0 Å². The van der Waals surface area contributed by atoms with E-state index in [1.165, 1.54) is 12.8 Å². The molecule has 2 aliphatic heterocycles. The van der Waals surface area contributed by atoms with Gasteiger partial charge < -0.3 is 10.1 Å². The van der Waals surface area contributed by atoms with Gasteiger partial charge in [-0.05, 0) is 12.8 Å². The van der Waals surface area contributed by atoms with Crippen molar-refractivity contribution in [2.45, 2.75) is 32.2 Å². The summed E-state index contributed by atoms with van der Waals surface area (Å²) in [5.74, 6) is 1.16. The summed E-state index contributed by atoms with van der Waals surface area (Å²) in [6.45, 7) is 10.3. The van der Waals surface area contributed by atoms with Crippen LogP contribution in [0.15, 0.2) is 4.99 Å². The Morgan fingerprint density at radius 2 is 2.06 bits per heavy atom. The standard InChI is InChI=1S/C13H25N3OS/c1-3-13(4-2)11-18-12(15-13)14-5-6-16-7-9-17-10-8-16/h3-11H2,1-2H3,(H,14,15). The molecular weight excluding hydrogens is 246 g/mol. The Hall–Kier alpha value is -0.260. The smallest absolute Gasteiger partial charge is 0.157 e. The molecule has 0 saturated carbocycles. The van der Waals surface area contributed by atoms with Crippen molar-refractivity contribution in [3.05, 3.63) is 0 Å². The molecule has 0 aromatic heterocycles. The number of hydrogen-bond donors (Lipinski definition) is 1. The summed E-state index contributed by atoms with van der Waals surface area (Å²) in [5.41, 5.74) is 0.294. The van der Waals surface area contributed by atoms with Crippen molar-refractivity contribution in [1.82, 2.24) is 10.2 Å². The molecule has 2 rings (SSSR count). The number of amidine groups is 1. The van der Waals surface area contributed by atoms with Gasteiger partial charge in [-0.25, -0.2) is 0 Å². The number of hydrogen-bond acceptors (Lipinski definition) is 4. The highest BCUT2D eigenvalue weighted by molar-refractivity contribution is 8.14. The molecule has 0 aromatic carbocycles. The Labute approximate surface area is 115 Å². The van der Waals surface area contributed by atoms with E-state index >= 15 is 0 Å². The molecule has 0 unspecified atom stereocenters. The quantitative estimate of drug-likeness (QED) is 0.823. The summed E-state index contributed by atoms with van der Waals surface area (Å²) in [6.07, 6.45) is 2.36. The molecule has 0 spiro atoms. The molecule has 0 aromatic rings. The fourth-order valence-electron chi connectivity index (χ4n) is 2.34. The van der Waals surface area contributed by atoms with Crippen LogP contribution >= 0.6 is 11.8 Å². The maximum Gasteiger partial charge on any atom is 0.157 e. The van der Waals surface area contributed by atoms with Crippen molar-refractivity contribution in [2.75, 3.05) is 45.1 Å². The summed E-state index contributed by atoms with van der Waals surface area (Å²) in [5, 5.41) is 4.76. The van der Waals surface area contributed by atoms with E-state index in [4.69, 9.17) is 9.73 Å². The third-order valence-electron chi connectivity index (χ3n) is 3.99. The van der Waals surface area contributed by atoms with Crippen LogP contribution < -0.4 is 5.32 Å². The normalized spacial score (nSPS) is 26.4. The zero-order chi connectivity index (χ0) is 12.8. The highest BCUT2D eigenvalue weighted by Crippen LogP contribution is 2.28. The number of rotatable bonds is 5. The first-order valence-corrected chi connectivity index (χ1v) is 8.02. The minimum absolute atomic E-state index is 0.294. The third kappa shape index (κ3) is 3.62. The van der Waals surface area contributed by atoms with Crippen molar-refractivity contribution >= 4 is 16.9 Å². The van der Waals surface area contributed by atoms with E-state index in [0.29, 0.717) is 5.54 Å². The van der Waals surface area contributed by atoms with Crippen LogP contribution in [-0.4, -0.2) is 60.8 Å². The minimum Gasteiger partial charge on any atom is -0.379 e. The van der Waals surface area contributed by atoms with Crippen LogP contribution in [0.3, 0.4) is 0 Å². The van der Waals surface area contributed by atoms with Gasteiger partial charge in [0, 0.05) is 30.9 Å². The molecule has 2 fully saturated rings. The highest BCUT2D eigenvalue weighted by atomic mass is 32.2. The Morgan fingerprint density at radius 1 is 1.33 bits per heavy atom. The van der Waals surface area contributed by atoms with Gasteiger partial charge in [-0.1, -0.05) is 25.6 Å². The lowest BCUT2D eigenvalue weighted by molar-refractivity contribution is 0.0394. The number of aliphatic imine (C=N–C) groups is 1. The van der Waals surface area contributed by atoms with Crippen LogP contribution in [0.25, 0.3) is 0 Å². The fourth-order valence-corrected chi connectivity index (χ4v) is 3.70. The summed E-state index contributed by atoms with van der Waals surface area (Å²) in [4.78, 5) is 7.13. The monoisotopic (exact) mass is 271 g/mol. The number of nitrogens with zero attached hydrogens (tertiary/aromatic N) is 2. The second kappa shape index (κ2) is 6.78. The molecular formula is C13H25N3OS. The van der Waals surface area contributed by atoms with Gasteiger partial charge >= 0.3 is 0 Å². The van der Waals surface area contributed by atoms with Crippen LogP contribution in [0.5, 0.6) is 0 Å². The Balaban J connectivity index is 1.73.